The Kier molecular flexibility index (Phi) is 6.84. The van der Waals surface area contributed by atoms with Crippen LogP contribution in [0.15, 0.2) is 67.1 Å². The molecule has 0 aliphatic rings. The van der Waals surface area contributed by atoms with Crippen LogP contribution < -0.4 is 15.4 Å². The molecule has 9 nitrogen and oxygen atoms in total. The third kappa shape index (κ3) is 5.21. The lowest BCUT2D eigenvalue weighted by molar-refractivity contribution is -0.111. The number of nitrogens with one attached hydrogen (secondary N) is 2. The summed E-state index contributed by atoms with van der Waals surface area (Å²) in [5.74, 6) is 1.48. The van der Waals surface area contributed by atoms with E-state index in [1.54, 1.807) is 19.5 Å². The second kappa shape index (κ2) is 10.1. The smallest absolute Gasteiger partial charge is 0.248 e. The van der Waals surface area contributed by atoms with Gasteiger partial charge in [-0.3, -0.25) is 9.36 Å². The monoisotopic (exact) mass is 457 g/mol. The summed E-state index contributed by atoms with van der Waals surface area (Å²) in [7, 11) is 5.48. The molecule has 9 heteroatoms. The number of aryl methyl sites for hydroxylation is 1. The Balaban J connectivity index is 1.60. The fourth-order valence-corrected chi connectivity index (χ4v) is 3.44. The van der Waals surface area contributed by atoms with Crippen molar-refractivity contribution in [1.82, 2.24) is 24.4 Å². The summed E-state index contributed by atoms with van der Waals surface area (Å²) in [6.45, 7) is 2.59. The number of carbonyl (C=O) groups excluding carboxylic acids is 1. The lowest BCUT2D eigenvalue weighted by atomic mass is 10.1. The number of carbonyl (C=O) groups is 1. The minimum atomic E-state index is -0.202. The van der Waals surface area contributed by atoms with E-state index in [-0.39, 0.29) is 5.91 Å². The third-order valence-electron chi connectivity index (χ3n) is 5.13. The summed E-state index contributed by atoms with van der Waals surface area (Å²) in [4.78, 5) is 27.8. The van der Waals surface area contributed by atoms with Crippen LogP contribution in [0, 0.1) is 6.92 Å². The first-order valence-corrected chi connectivity index (χ1v) is 10.8. The maximum Gasteiger partial charge on any atom is 0.248 e. The fraction of sp³-hybridized carbons (Fsp3) is 0.200. The number of fused-ring (bicyclic) bond motifs is 1. The Bertz CT molecular complexity index is 1340. The van der Waals surface area contributed by atoms with Crippen molar-refractivity contribution < 1.29 is 9.53 Å². The number of nitrogens with zero attached hydrogens (tertiary/aromatic N) is 5. The highest BCUT2D eigenvalue weighted by Crippen LogP contribution is 2.33. The molecule has 1 aromatic carbocycles. The predicted molar refractivity (Wildman–Crippen MR) is 134 cm³/mol. The topological polar surface area (TPSA) is 97.2 Å². The number of ether oxygens (including phenoxy) is 1. The number of likely N-dealkylation sites (N-methyl/N-ethyl adjacent to an activating group) is 1. The van der Waals surface area contributed by atoms with Gasteiger partial charge < -0.3 is 20.3 Å². The molecule has 1 amide bonds. The molecule has 0 aliphatic heterocycles. The Labute approximate surface area is 198 Å². The van der Waals surface area contributed by atoms with E-state index in [1.165, 1.54) is 6.08 Å². The van der Waals surface area contributed by atoms with Crippen LogP contribution in [-0.2, 0) is 4.79 Å². The van der Waals surface area contributed by atoms with Crippen LogP contribution in [0.2, 0.25) is 0 Å². The van der Waals surface area contributed by atoms with Crippen LogP contribution in [0.3, 0.4) is 0 Å². The minimum Gasteiger partial charge on any atom is -0.495 e. The van der Waals surface area contributed by atoms with Crippen molar-refractivity contribution in [3.8, 4) is 11.6 Å². The van der Waals surface area contributed by atoms with E-state index >= 15 is 0 Å². The van der Waals surface area contributed by atoms with Gasteiger partial charge in [-0.15, -0.1) is 0 Å². The van der Waals surface area contributed by atoms with Crippen molar-refractivity contribution in [1.29, 1.82) is 0 Å². The van der Waals surface area contributed by atoms with E-state index in [9.17, 15) is 4.79 Å². The molecule has 0 atom stereocenters. The first-order valence-electron chi connectivity index (χ1n) is 10.8. The molecule has 0 radical (unpaired) electrons. The molecule has 0 saturated heterocycles. The zero-order valence-electron chi connectivity index (χ0n) is 19.6. The van der Waals surface area contributed by atoms with Crippen LogP contribution in [0.1, 0.15) is 5.56 Å². The zero-order valence-corrected chi connectivity index (χ0v) is 19.6. The molecule has 174 valence electrons. The van der Waals surface area contributed by atoms with Gasteiger partial charge in [-0.05, 0) is 63.0 Å². The number of rotatable bonds is 8. The van der Waals surface area contributed by atoms with Gasteiger partial charge in [0.15, 0.2) is 0 Å². The lowest BCUT2D eigenvalue weighted by Crippen LogP contribution is -2.13. The molecular formula is C25H27N7O2. The summed E-state index contributed by atoms with van der Waals surface area (Å²) in [6, 6.07) is 11.4. The van der Waals surface area contributed by atoms with Crippen molar-refractivity contribution in [3.05, 3.63) is 72.7 Å². The highest BCUT2D eigenvalue weighted by atomic mass is 16.5. The molecule has 3 heterocycles. The number of amides is 1. The van der Waals surface area contributed by atoms with E-state index in [4.69, 9.17) is 4.74 Å². The average molecular weight is 458 g/mol. The van der Waals surface area contributed by atoms with Gasteiger partial charge in [-0.2, -0.15) is 4.98 Å². The van der Waals surface area contributed by atoms with Crippen LogP contribution in [-0.4, -0.2) is 58.1 Å². The SMILES string of the molecule is COc1cc(C)c(NC(=O)/C=C/CN(C)C)cc1Nc1nccc(-n2ccc3cccnc32)n1. The van der Waals surface area contributed by atoms with Crippen LogP contribution in [0.4, 0.5) is 17.3 Å². The van der Waals surface area contributed by atoms with Gasteiger partial charge in [-0.25, -0.2) is 9.97 Å². The highest BCUT2D eigenvalue weighted by molar-refractivity contribution is 6.00. The Morgan fingerprint density at radius 1 is 1.15 bits per heavy atom. The Morgan fingerprint density at radius 2 is 2.00 bits per heavy atom. The molecule has 2 N–H and O–H groups in total. The van der Waals surface area contributed by atoms with Crippen molar-refractivity contribution >= 4 is 34.3 Å². The minimum absolute atomic E-state index is 0.202. The summed E-state index contributed by atoms with van der Waals surface area (Å²) in [5.41, 5.74) is 2.98. The number of benzene rings is 1. The number of anilines is 3. The van der Waals surface area contributed by atoms with Crippen LogP contribution in [0.25, 0.3) is 16.9 Å². The van der Waals surface area contributed by atoms with Gasteiger partial charge in [0, 0.05) is 42.3 Å². The number of pyridine rings is 1. The summed E-state index contributed by atoms with van der Waals surface area (Å²) >= 11 is 0. The summed E-state index contributed by atoms with van der Waals surface area (Å²) in [5, 5.41) is 7.16. The highest BCUT2D eigenvalue weighted by Gasteiger charge is 2.12. The number of methoxy groups -OCH3 is 1. The maximum atomic E-state index is 12.4. The molecule has 0 bridgehead atoms. The van der Waals surface area contributed by atoms with Crippen molar-refractivity contribution in [2.75, 3.05) is 38.4 Å². The van der Waals surface area contributed by atoms with E-state index in [0.717, 1.165) is 16.6 Å². The summed E-state index contributed by atoms with van der Waals surface area (Å²) < 4.78 is 7.45. The molecular weight excluding hydrogens is 430 g/mol. The standard InChI is InChI=1S/C25H27N7O2/c1-17-15-21(34-4)20(16-19(17)28-23(33)8-6-13-31(2)3)29-25-27-12-9-22(30-25)32-14-10-18-7-5-11-26-24(18)32/h5-12,14-16H,13H2,1-4H3,(H,28,33)(H,27,29,30)/b8-6+. The maximum absolute atomic E-state index is 12.4. The fourth-order valence-electron chi connectivity index (χ4n) is 3.44. The van der Waals surface area contributed by atoms with E-state index in [1.807, 2.05) is 79.2 Å². The van der Waals surface area contributed by atoms with Gasteiger partial charge in [0.25, 0.3) is 0 Å². The van der Waals surface area contributed by atoms with Crippen molar-refractivity contribution in [3.63, 3.8) is 0 Å². The molecule has 0 unspecified atom stereocenters. The van der Waals surface area contributed by atoms with E-state index in [2.05, 4.69) is 25.6 Å². The van der Waals surface area contributed by atoms with Crippen molar-refractivity contribution in [2.45, 2.75) is 6.92 Å². The van der Waals surface area contributed by atoms with Gasteiger partial charge in [0.05, 0.1) is 12.8 Å². The van der Waals surface area contributed by atoms with Gasteiger partial charge in [0.1, 0.15) is 17.2 Å². The third-order valence-corrected chi connectivity index (χ3v) is 5.13. The molecule has 0 spiro atoms. The first kappa shape index (κ1) is 22.9. The Hall–Kier alpha value is -4.24. The number of aromatic nitrogens is 4. The Morgan fingerprint density at radius 3 is 2.79 bits per heavy atom. The summed E-state index contributed by atoms with van der Waals surface area (Å²) in [6.07, 6.45) is 8.69. The molecule has 4 rings (SSSR count). The van der Waals surface area contributed by atoms with Crippen molar-refractivity contribution in [2.24, 2.45) is 0 Å². The number of hydrogen-bond acceptors (Lipinski definition) is 7. The quantitative estimate of drug-likeness (QED) is 0.387. The number of hydrogen-bond donors (Lipinski definition) is 2. The largest absolute Gasteiger partial charge is 0.495 e. The normalized spacial score (nSPS) is 11.3. The first-order chi connectivity index (χ1) is 16.4. The molecule has 3 aromatic heterocycles. The molecule has 0 aliphatic carbocycles. The van der Waals surface area contributed by atoms with Gasteiger partial charge in [0.2, 0.25) is 11.9 Å². The van der Waals surface area contributed by atoms with E-state index in [0.29, 0.717) is 35.4 Å². The van der Waals surface area contributed by atoms with Crippen LogP contribution in [0.5, 0.6) is 5.75 Å². The second-order valence-corrected chi connectivity index (χ2v) is 7.99. The molecule has 0 fully saturated rings. The second-order valence-electron chi connectivity index (χ2n) is 7.99. The molecule has 4 aromatic rings. The van der Waals surface area contributed by atoms with Crippen LogP contribution >= 0.6 is 0 Å². The van der Waals surface area contributed by atoms with E-state index < -0.39 is 0 Å². The lowest BCUT2D eigenvalue weighted by Gasteiger charge is -2.15. The van der Waals surface area contributed by atoms with Gasteiger partial charge >= 0.3 is 0 Å². The molecule has 34 heavy (non-hydrogen) atoms. The molecule has 0 saturated carbocycles. The van der Waals surface area contributed by atoms with Gasteiger partial charge in [-0.1, -0.05) is 6.08 Å². The zero-order chi connectivity index (χ0) is 24.1. The predicted octanol–water partition coefficient (Wildman–Crippen LogP) is 3.93. The average Bonchev–Trinajstić information content (AvgIpc) is 3.25.